The lowest BCUT2D eigenvalue weighted by Crippen LogP contribution is -2.53. The van der Waals surface area contributed by atoms with Crippen LogP contribution in [0.4, 0.5) is 0 Å². The van der Waals surface area contributed by atoms with Crippen LogP contribution in [0, 0.1) is 5.92 Å². The Balaban J connectivity index is 2.13. The third-order valence-electron chi connectivity index (χ3n) is 4.35. The Bertz CT molecular complexity index is 476. The molecular weight excluding hydrogens is 276 g/mol. The number of aromatic nitrogens is 1. The summed E-state index contributed by atoms with van der Waals surface area (Å²) in [5.74, 6) is 0.517. The fourth-order valence-corrected chi connectivity index (χ4v) is 3.09. The maximum Gasteiger partial charge on any atom is 0.268 e. The number of carbonyl (C=O) groups excluding carboxylic acids is 1. The number of amides is 1. The fraction of sp³-hybridized carbons (Fsp3) is 0.667. The zero-order valence-corrected chi connectivity index (χ0v) is 12.9. The number of aliphatic hydroxyl groups excluding tert-OH is 1. The van der Waals surface area contributed by atoms with E-state index in [1.54, 1.807) is 12.3 Å². The van der Waals surface area contributed by atoms with E-state index < -0.39 is 5.54 Å². The predicted octanol–water partition coefficient (Wildman–Crippen LogP) is 2.83. The summed E-state index contributed by atoms with van der Waals surface area (Å²) in [5, 5.41) is 13.3. The van der Waals surface area contributed by atoms with E-state index in [4.69, 9.17) is 11.6 Å². The van der Waals surface area contributed by atoms with Gasteiger partial charge in [0.25, 0.3) is 5.91 Å². The van der Waals surface area contributed by atoms with Gasteiger partial charge in [0.2, 0.25) is 0 Å². The van der Waals surface area contributed by atoms with Crippen molar-refractivity contribution in [2.45, 2.75) is 51.6 Å². The number of aliphatic hydroxyl groups is 1. The highest BCUT2D eigenvalue weighted by molar-refractivity contribution is 6.31. The van der Waals surface area contributed by atoms with E-state index in [2.05, 4.69) is 12.2 Å². The van der Waals surface area contributed by atoms with E-state index in [1.165, 1.54) is 0 Å². The lowest BCUT2D eigenvalue weighted by Gasteiger charge is -2.38. The molecule has 0 saturated heterocycles. The number of carbonyl (C=O) groups is 1. The second-order valence-corrected chi connectivity index (χ2v) is 6.34. The number of hydrogen-bond acceptors (Lipinski definition) is 2. The van der Waals surface area contributed by atoms with E-state index in [-0.39, 0.29) is 12.5 Å². The van der Waals surface area contributed by atoms with Crippen LogP contribution in [0.25, 0.3) is 0 Å². The molecule has 0 spiro atoms. The number of aryl methyl sites for hydroxylation is 1. The third kappa shape index (κ3) is 3.18. The van der Waals surface area contributed by atoms with E-state index in [0.717, 1.165) is 25.7 Å². The minimum atomic E-state index is -0.473. The molecule has 1 aromatic heterocycles. The van der Waals surface area contributed by atoms with Gasteiger partial charge < -0.3 is 15.0 Å². The number of nitrogens with zero attached hydrogens (tertiary/aromatic N) is 1. The number of hydrogen-bond donors (Lipinski definition) is 2. The molecule has 1 heterocycles. The van der Waals surface area contributed by atoms with Gasteiger partial charge in [-0.3, -0.25) is 4.79 Å². The van der Waals surface area contributed by atoms with Crippen LogP contribution in [0.3, 0.4) is 0 Å². The SMILES string of the molecule is CCn1cc(Cl)cc1C(=O)NC1(CO)CCC(C)CC1. The Kier molecular flexibility index (Phi) is 4.76. The molecule has 1 aliphatic carbocycles. The number of rotatable bonds is 4. The highest BCUT2D eigenvalue weighted by Gasteiger charge is 2.35. The Labute approximate surface area is 125 Å². The third-order valence-corrected chi connectivity index (χ3v) is 4.56. The largest absolute Gasteiger partial charge is 0.394 e. The molecule has 1 saturated carbocycles. The van der Waals surface area contributed by atoms with Crippen molar-refractivity contribution in [1.82, 2.24) is 9.88 Å². The fourth-order valence-electron chi connectivity index (χ4n) is 2.87. The van der Waals surface area contributed by atoms with Gasteiger partial charge in [-0.15, -0.1) is 0 Å². The molecule has 20 heavy (non-hydrogen) atoms. The molecule has 1 aromatic rings. The first-order valence-electron chi connectivity index (χ1n) is 7.29. The standard InChI is InChI=1S/C15H23ClN2O2/c1-3-18-9-12(16)8-13(18)14(20)17-15(10-19)6-4-11(2)5-7-15/h8-9,11,19H,3-7,10H2,1-2H3,(H,17,20). The summed E-state index contributed by atoms with van der Waals surface area (Å²) in [7, 11) is 0. The second-order valence-electron chi connectivity index (χ2n) is 5.90. The minimum absolute atomic E-state index is 0.00791. The van der Waals surface area contributed by atoms with Crippen LogP contribution in [0.1, 0.15) is 50.0 Å². The average molecular weight is 299 g/mol. The molecule has 1 amide bonds. The zero-order valence-electron chi connectivity index (χ0n) is 12.2. The first-order valence-corrected chi connectivity index (χ1v) is 7.66. The minimum Gasteiger partial charge on any atom is -0.394 e. The molecule has 2 rings (SSSR count). The van der Waals surface area contributed by atoms with E-state index in [0.29, 0.717) is 23.2 Å². The van der Waals surface area contributed by atoms with E-state index in [1.807, 2.05) is 11.5 Å². The number of nitrogens with one attached hydrogen (secondary N) is 1. The monoisotopic (exact) mass is 298 g/mol. The van der Waals surface area contributed by atoms with Gasteiger partial charge in [-0.25, -0.2) is 0 Å². The van der Waals surface area contributed by atoms with Gasteiger partial charge in [-0.2, -0.15) is 0 Å². The number of halogens is 1. The van der Waals surface area contributed by atoms with Crippen LogP contribution < -0.4 is 5.32 Å². The molecule has 112 valence electrons. The Morgan fingerprint density at radius 2 is 2.20 bits per heavy atom. The summed E-state index contributed by atoms with van der Waals surface area (Å²) in [6.45, 7) is 4.87. The van der Waals surface area contributed by atoms with Crippen LogP contribution >= 0.6 is 11.6 Å². The molecule has 0 aliphatic heterocycles. The van der Waals surface area contributed by atoms with Crippen molar-refractivity contribution in [3.63, 3.8) is 0 Å². The van der Waals surface area contributed by atoms with Crippen LogP contribution in [0.2, 0.25) is 5.02 Å². The lowest BCUT2D eigenvalue weighted by atomic mass is 9.77. The maximum atomic E-state index is 12.4. The summed E-state index contributed by atoms with van der Waals surface area (Å²) in [6.07, 6.45) is 5.49. The molecule has 0 unspecified atom stereocenters. The zero-order chi connectivity index (χ0) is 14.8. The predicted molar refractivity (Wildman–Crippen MR) is 80.0 cm³/mol. The van der Waals surface area contributed by atoms with Crippen molar-refractivity contribution in [2.24, 2.45) is 5.92 Å². The molecule has 5 heteroatoms. The molecule has 1 fully saturated rings. The molecule has 0 bridgehead atoms. The Morgan fingerprint density at radius 3 is 2.75 bits per heavy atom. The smallest absolute Gasteiger partial charge is 0.268 e. The lowest BCUT2D eigenvalue weighted by molar-refractivity contribution is 0.0709. The van der Waals surface area contributed by atoms with Crippen LogP contribution in [0.5, 0.6) is 0 Å². The maximum absolute atomic E-state index is 12.4. The van der Waals surface area contributed by atoms with Crippen molar-refractivity contribution >= 4 is 17.5 Å². The van der Waals surface area contributed by atoms with Crippen molar-refractivity contribution in [3.05, 3.63) is 23.0 Å². The van der Waals surface area contributed by atoms with Gasteiger partial charge in [0.05, 0.1) is 17.2 Å². The van der Waals surface area contributed by atoms with Gasteiger partial charge in [0, 0.05) is 12.7 Å². The van der Waals surface area contributed by atoms with Crippen molar-refractivity contribution < 1.29 is 9.90 Å². The summed E-state index contributed by atoms with van der Waals surface area (Å²) in [5.41, 5.74) is 0.0859. The van der Waals surface area contributed by atoms with Gasteiger partial charge >= 0.3 is 0 Å². The summed E-state index contributed by atoms with van der Waals surface area (Å²) < 4.78 is 1.83. The van der Waals surface area contributed by atoms with Gasteiger partial charge in [-0.1, -0.05) is 18.5 Å². The quantitative estimate of drug-likeness (QED) is 0.898. The second kappa shape index (κ2) is 6.19. The normalized spacial score (nSPS) is 26.5. The van der Waals surface area contributed by atoms with Crippen molar-refractivity contribution in [2.75, 3.05) is 6.61 Å². The molecule has 0 atom stereocenters. The Morgan fingerprint density at radius 1 is 1.55 bits per heavy atom. The molecule has 1 aliphatic rings. The summed E-state index contributed by atoms with van der Waals surface area (Å²) in [6, 6.07) is 1.68. The van der Waals surface area contributed by atoms with E-state index >= 15 is 0 Å². The van der Waals surface area contributed by atoms with Gasteiger partial charge in [0.15, 0.2) is 0 Å². The van der Waals surface area contributed by atoms with E-state index in [9.17, 15) is 9.90 Å². The summed E-state index contributed by atoms with van der Waals surface area (Å²) >= 11 is 5.97. The van der Waals surface area contributed by atoms with Gasteiger partial charge in [-0.05, 0) is 44.6 Å². The Hall–Kier alpha value is -1.00. The molecule has 2 N–H and O–H groups in total. The molecule has 0 radical (unpaired) electrons. The first kappa shape index (κ1) is 15.4. The topological polar surface area (TPSA) is 54.3 Å². The summed E-state index contributed by atoms with van der Waals surface area (Å²) in [4.78, 5) is 12.4. The molecule has 0 aromatic carbocycles. The van der Waals surface area contributed by atoms with Crippen LogP contribution in [-0.2, 0) is 6.54 Å². The average Bonchev–Trinajstić information content (AvgIpc) is 2.83. The van der Waals surface area contributed by atoms with Crippen LogP contribution in [-0.4, -0.2) is 27.7 Å². The molecule has 4 nitrogen and oxygen atoms in total. The highest BCUT2D eigenvalue weighted by Crippen LogP contribution is 2.32. The molecular formula is C15H23ClN2O2. The highest BCUT2D eigenvalue weighted by atomic mass is 35.5. The first-order chi connectivity index (χ1) is 9.49. The van der Waals surface area contributed by atoms with Crippen molar-refractivity contribution in [3.8, 4) is 0 Å². The van der Waals surface area contributed by atoms with Crippen LogP contribution in [0.15, 0.2) is 12.3 Å². The van der Waals surface area contributed by atoms with Gasteiger partial charge in [0.1, 0.15) is 5.69 Å². The van der Waals surface area contributed by atoms with Crippen molar-refractivity contribution in [1.29, 1.82) is 0 Å².